The molecule has 8 nitrogen and oxygen atoms in total. The third-order valence-corrected chi connectivity index (χ3v) is 10.4. The van der Waals surface area contributed by atoms with Gasteiger partial charge in [0.05, 0.1) is 35.3 Å². The smallest absolute Gasteiger partial charge is 0.234 e. The molecule has 35 heavy (non-hydrogen) atoms. The van der Waals surface area contributed by atoms with Gasteiger partial charge in [0.25, 0.3) is 0 Å². The zero-order valence-electron chi connectivity index (χ0n) is 19.6. The lowest BCUT2D eigenvalue weighted by atomic mass is 9.57. The number of carbonyl (C=O) groups is 4. The van der Waals surface area contributed by atoms with Crippen molar-refractivity contribution in [2.75, 3.05) is 20.2 Å². The van der Waals surface area contributed by atoms with Gasteiger partial charge in [-0.1, -0.05) is 11.6 Å². The lowest BCUT2D eigenvalue weighted by Crippen LogP contribution is -2.43. The van der Waals surface area contributed by atoms with Crippen LogP contribution in [-0.4, -0.2) is 58.7 Å². The maximum absolute atomic E-state index is 13.5. The molecule has 0 bridgehead atoms. The fourth-order valence-electron chi connectivity index (χ4n) is 6.68. The fourth-order valence-corrected chi connectivity index (χ4v) is 7.66. The number of carbonyl (C=O) groups excluding carboxylic acids is 4. The van der Waals surface area contributed by atoms with E-state index in [0.717, 1.165) is 5.57 Å². The van der Waals surface area contributed by atoms with Crippen LogP contribution in [0.25, 0.3) is 0 Å². The average molecular weight is 610 g/mol. The van der Waals surface area contributed by atoms with Crippen LogP contribution in [0.2, 0.25) is 0 Å². The number of benzene rings is 1. The van der Waals surface area contributed by atoms with Gasteiger partial charge < -0.3 is 9.84 Å². The molecular formula is C25H26Br2N2O6. The van der Waals surface area contributed by atoms with E-state index in [9.17, 15) is 24.3 Å². The van der Waals surface area contributed by atoms with Crippen molar-refractivity contribution < 1.29 is 29.0 Å². The Balaban J connectivity index is 1.71. The Morgan fingerprint density at radius 1 is 0.914 bits per heavy atom. The number of hydrogen-bond acceptors (Lipinski definition) is 6. The number of imide groups is 2. The van der Waals surface area contributed by atoms with E-state index in [0.29, 0.717) is 33.9 Å². The summed E-state index contributed by atoms with van der Waals surface area (Å²) in [7, 11) is 1.45. The second-order valence-corrected chi connectivity index (χ2v) is 11.1. The Bertz CT molecular complexity index is 1200. The van der Waals surface area contributed by atoms with Crippen LogP contribution in [0.4, 0.5) is 0 Å². The van der Waals surface area contributed by atoms with E-state index < -0.39 is 29.6 Å². The first-order valence-electron chi connectivity index (χ1n) is 11.8. The molecule has 2 aliphatic heterocycles. The normalized spacial score (nSPS) is 32.0. The molecule has 2 heterocycles. The van der Waals surface area contributed by atoms with E-state index in [1.165, 1.54) is 16.9 Å². The molecule has 2 aliphatic carbocycles. The Morgan fingerprint density at radius 3 is 2.11 bits per heavy atom. The van der Waals surface area contributed by atoms with Crippen molar-refractivity contribution in [2.24, 2.45) is 29.6 Å². The van der Waals surface area contributed by atoms with Gasteiger partial charge in [-0.25, -0.2) is 0 Å². The van der Waals surface area contributed by atoms with Gasteiger partial charge in [-0.05, 0) is 76.1 Å². The van der Waals surface area contributed by atoms with Crippen LogP contribution in [-0.2, 0) is 19.2 Å². The molecular weight excluding hydrogens is 584 g/mol. The molecule has 0 spiro atoms. The van der Waals surface area contributed by atoms with E-state index >= 15 is 0 Å². The monoisotopic (exact) mass is 608 g/mol. The molecule has 1 N–H and O–H groups in total. The minimum absolute atomic E-state index is 0.0797. The zero-order valence-corrected chi connectivity index (χ0v) is 22.8. The van der Waals surface area contributed by atoms with E-state index in [4.69, 9.17) is 4.74 Å². The molecule has 1 aromatic carbocycles. The minimum Gasteiger partial charge on any atom is -0.503 e. The quantitative estimate of drug-likeness (QED) is 0.413. The zero-order chi connectivity index (χ0) is 25.3. The number of likely N-dealkylation sites (tertiary alicyclic amines) is 2. The number of fused-ring (bicyclic) bond motifs is 4. The standard InChI is InChI=1S/C25H26Br2N2O6/c1-4-28-22(31)11-7-6-10-12(17(11)24(28)33)8-14-18(25(34)29(5-2)23(14)32)16(10)13-9-15(35-3)21(30)20(27)19(13)26/h6,9,11-12,14,16-18,30H,4-5,7-8H2,1-3H3. The fraction of sp³-hybridized carbons (Fsp3) is 0.520. The molecule has 2 saturated heterocycles. The predicted octanol–water partition coefficient (Wildman–Crippen LogP) is 3.60. The van der Waals surface area contributed by atoms with Gasteiger partial charge in [-0.3, -0.25) is 29.0 Å². The van der Waals surface area contributed by atoms with Crippen LogP contribution in [0.15, 0.2) is 26.7 Å². The van der Waals surface area contributed by atoms with Crippen LogP contribution in [0.5, 0.6) is 11.5 Å². The van der Waals surface area contributed by atoms with Crippen LogP contribution in [0.3, 0.4) is 0 Å². The summed E-state index contributed by atoms with van der Waals surface area (Å²) >= 11 is 7.00. The number of ether oxygens (including phenoxy) is 1. The van der Waals surface area contributed by atoms with Crippen molar-refractivity contribution in [1.29, 1.82) is 0 Å². The summed E-state index contributed by atoms with van der Waals surface area (Å²) in [4.78, 5) is 55.8. The molecule has 1 saturated carbocycles. The van der Waals surface area contributed by atoms with Gasteiger partial charge in [0.2, 0.25) is 23.6 Å². The van der Waals surface area contributed by atoms with Crippen molar-refractivity contribution in [3.8, 4) is 11.5 Å². The molecule has 1 aromatic rings. The maximum Gasteiger partial charge on any atom is 0.234 e. The summed E-state index contributed by atoms with van der Waals surface area (Å²) < 4.78 is 6.33. The molecule has 5 rings (SSSR count). The lowest BCUT2D eigenvalue weighted by molar-refractivity contribution is -0.141. The third kappa shape index (κ3) is 3.28. The van der Waals surface area contributed by atoms with Crippen molar-refractivity contribution in [3.05, 3.63) is 32.2 Å². The third-order valence-electron chi connectivity index (χ3n) is 8.19. The molecule has 6 atom stereocenters. The molecule has 6 unspecified atom stereocenters. The summed E-state index contributed by atoms with van der Waals surface area (Å²) in [6, 6.07) is 1.69. The van der Waals surface area contributed by atoms with E-state index in [1.54, 1.807) is 19.9 Å². The summed E-state index contributed by atoms with van der Waals surface area (Å²) in [5, 5.41) is 10.5. The molecule has 10 heteroatoms. The van der Waals surface area contributed by atoms with Crippen molar-refractivity contribution >= 4 is 55.5 Å². The SMILES string of the molecule is CCN1C(=O)C2CC=C3C(CC4C(=O)N(CC)C(=O)C4C3c3cc(OC)c(O)c(Br)c3Br)C2C1=O. The van der Waals surface area contributed by atoms with E-state index in [1.807, 2.05) is 6.08 Å². The van der Waals surface area contributed by atoms with Gasteiger partial charge in [0.1, 0.15) is 0 Å². The highest BCUT2D eigenvalue weighted by Gasteiger charge is 2.61. The number of allylic oxidation sites excluding steroid dienone is 2. The van der Waals surface area contributed by atoms with Crippen LogP contribution in [0, 0.1) is 29.6 Å². The topological polar surface area (TPSA) is 104 Å². The Kier molecular flexibility index (Phi) is 6.11. The number of phenols is 1. The number of methoxy groups -OCH3 is 1. The first-order chi connectivity index (χ1) is 16.7. The van der Waals surface area contributed by atoms with Crippen LogP contribution >= 0.6 is 31.9 Å². The number of amides is 4. The van der Waals surface area contributed by atoms with Gasteiger partial charge >= 0.3 is 0 Å². The Morgan fingerprint density at radius 2 is 1.51 bits per heavy atom. The van der Waals surface area contributed by atoms with Crippen LogP contribution < -0.4 is 4.74 Å². The highest BCUT2D eigenvalue weighted by atomic mass is 79.9. The van der Waals surface area contributed by atoms with Gasteiger partial charge in [-0.2, -0.15) is 0 Å². The summed E-state index contributed by atoms with van der Waals surface area (Å²) in [6.45, 7) is 4.16. The average Bonchev–Trinajstić information content (AvgIpc) is 3.25. The van der Waals surface area contributed by atoms with Crippen LogP contribution in [0.1, 0.15) is 38.2 Å². The molecule has 0 aromatic heterocycles. The molecule has 186 valence electrons. The molecule has 4 amide bonds. The van der Waals surface area contributed by atoms with Gasteiger partial charge in [0.15, 0.2) is 11.5 Å². The minimum atomic E-state index is -0.631. The largest absolute Gasteiger partial charge is 0.503 e. The van der Waals surface area contributed by atoms with Crippen molar-refractivity contribution in [1.82, 2.24) is 9.80 Å². The number of hydrogen-bond donors (Lipinski definition) is 1. The van der Waals surface area contributed by atoms with Gasteiger partial charge in [-0.15, -0.1) is 0 Å². The lowest BCUT2D eigenvalue weighted by Gasteiger charge is -2.44. The summed E-state index contributed by atoms with van der Waals surface area (Å²) in [5.74, 6) is -3.67. The highest BCUT2D eigenvalue weighted by molar-refractivity contribution is 9.13. The number of nitrogens with zero attached hydrogens (tertiary/aromatic N) is 2. The maximum atomic E-state index is 13.5. The number of aromatic hydroxyl groups is 1. The highest BCUT2D eigenvalue weighted by Crippen LogP contribution is 2.59. The predicted molar refractivity (Wildman–Crippen MR) is 132 cm³/mol. The van der Waals surface area contributed by atoms with Crippen molar-refractivity contribution in [3.63, 3.8) is 0 Å². The molecule has 3 fully saturated rings. The second-order valence-electron chi connectivity index (χ2n) is 9.51. The van der Waals surface area contributed by atoms with E-state index in [2.05, 4.69) is 31.9 Å². The Labute approximate surface area is 219 Å². The second kappa shape index (κ2) is 8.73. The molecule has 0 radical (unpaired) electrons. The number of halogens is 2. The molecule has 4 aliphatic rings. The number of rotatable bonds is 4. The summed E-state index contributed by atoms with van der Waals surface area (Å²) in [5.41, 5.74) is 1.60. The Hall–Kier alpha value is -2.20. The number of phenolic OH excluding ortho intramolecular Hbond substituents is 1. The first-order valence-corrected chi connectivity index (χ1v) is 13.4. The van der Waals surface area contributed by atoms with Crippen molar-refractivity contribution in [2.45, 2.75) is 32.6 Å². The van der Waals surface area contributed by atoms with E-state index in [-0.39, 0.29) is 47.6 Å². The first kappa shape index (κ1) is 24.5. The summed E-state index contributed by atoms with van der Waals surface area (Å²) in [6.07, 6.45) is 2.78. The van der Waals surface area contributed by atoms with Gasteiger partial charge in [0, 0.05) is 23.5 Å².